The molecule has 2 aromatic carbocycles. The number of halogens is 1. The molecule has 4 nitrogen and oxygen atoms in total. The van der Waals surface area contributed by atoms with Gasteiger partial charge in [-0.1, -0.05) is 35.9 Å². The molecule has 0 radical (unpaired) electrons. The summed E-state index contributed by atoms with van der Waals surface area (Å²) in [5.41, 5.74) is 4.81. The maximum Gasteiger partial charge on any atom is 0.187 e. The lowest BCUT2D eigenvalue weighted by Gasteiger charge is -2.07. The molecule has 6 heteroatoms. The molecule has 0 saturated carbocycles. The van der Waals surface area contributed by atoms with Crippen molar-refractivity contribution in [3.63, 3.8) is 0 Å². The number of ether oxygens (including phenoxy) is 1. The maximum absolute atomic E-state index is 5.82. The molecule has 0 bridgehead atoms. The van der Waals surface area contributed by atoms with E-state index in [1.807, 2.05) is 48.5 Å². The van der Waals surface area contributed by atoms with Gasteiger partial charge in [0.15, 0.2) is 5.11 Å². The summed E-state index contributed by atoms with van der Waals surface area (Å²) in [4.78, 5) is 0. The fraction of sp³-hybridized carbons (Fsp3) is 0.125. The van der Waals surface area contributed by atoms with Crippen LogP contribution < -0.4 is 15.5 Å². The zero-order valence-electron chi connectivity index (χ0n) is 12.0. The van der Waals surface area contributed by atoms with E-state index in [1.165, 1.54) is 0 Å². The van der Waals surface area contributed by atoms with Gasteiger partial charge in [-0.2, -0.15) is 5.10 Å². The molecule has 2 rings (SSSR count). The van der Waals surface area contributed by atoms with Gasteiger partial charge in [0.1, 0.15) is 5.75 Å². The largest absolute Gasteiger partial charge is 0.497 e. The summed E-state index contributed by atoms with van der Waals surface area (Å²) in [6, 6.07) is 15.1. The van der Waals surface area contributed by atoms with E-state index in [9.17, 15) is 0 Å². The molecule has 22 heavy (non-hydrogen) atoms. The van der Waals surface area contributed by atoms with Crippen LogP contribution in [-0.4, -0.2) is 18.4 Å². The summed E-state index contributed by atoms with van der Waals surface area (Å²) in [5, 5.41) is 8.30. The van der Waals surface area contributed by atoms with Crippen LogP contribution in [0.5, 0.6) is 5.75 Å². The van der Waals surface area contributed by atoms with Crippen LogP contribution in [0.25, 0.3) is 0 Å². The number of thiocarbonyl (C=S) groups is 1. The van der Waals surface area contributed by atoms with Gasteiger partial charge >= 0.3 is 0 Å². The van der Waals surface area contributed by atoms with E-state index in [-0.39, 0.29) is 0 Å². The highest BCUT2D eigenvalue weighted by Crippen LogP contribution is 2.11. The molecule has 2 N–H and O–H groups in total. The lowest BCUT2D eigenvalue weighted by Crippen LogP contribution is -2.31. The van der Waals surface area contributed by atoms with Gasteiger partial charge < -0.3 is 10.1 Å². The Morgan fingerprint density at radius 2 is 1.86 bits per heavy atom. The number of methoxy groups -OCH3 is 1. The average Bonchev–Trinajstić information content (AvgIpc) is 2.55. The van der Waals surface area contributed by atoms with Gasteiger partial charge in [0.2, 0.25) is 0 Å². The lowest BCUT2D eigenvalue weighted by molar-refractivity contribution is 0.414. The Kier molecular flexibility index (Phi) is 6.18. The first-order valence-electron chi connectivity index (χ1n) is 6.63. The molecule has 0 amide bonds. The van der Waals surface area contributed by atoms with Crippen LogP contribution in [0.2, 0.25) is 5.02 Å². The smallest absolute Gasteiger partial charge is 0.187 e. The van der Waals surface area contributed by atoms with Crippen molar-refractivity contribution >= 4 is 35.1 Å². The quantitative estimate of drug-likeness (QED) is 0.500. The van der Waals surface area contributed by atoms with Crippen molar-refractivity contribution in [3.05, 3.63) is 64.7 Å². The van der Waals surface area contributed by atoms with E-state index >= 15 is 0 Å². The summed E-state index contributed by atoms with van der Waals surface area (Å²) >= 11 is 11.0. The van der Waals surface area contributed by atoms with Gasteiger partial charge in [-0.3, -0.25) is 5.43 Å². The summed E-state index contributed by atoms with van der Waals surface area (Å²) in [6.45, 7) is 0.617. The maximum atomic E-state index is 5.82. The van der Waals surface area contributed by atoms with E-state index in [2.05, 4.69) is 15.8 Å². The summed E-state index contributed by atoms with van der Waals surface area (Å²) in [6.07, 6.45) is 1.68. The molecule has 2 aromatic rings. The molecule has 0 unspecified atom stereocenters. The summed E-state index contributed by atoms with van der Waals surface area (Å²) in [5.74, 6) is 0.831. The highest BCUT2D eigenvalue weighted by Gasteiger charge is 1.96. The summed E-state index contributed by atoms with van der Waals surface area (Å²) < 4.78 is 5.11. The van der Waals surface area contributed by atoms with Gasteiger partial charge in [0.05, 0.1) is 13.3 Å². The van der Waals surface area contributed by atoms with Crippen molar-refractivity contribution in [3.8, 4) is 5.75 Å². The third-order valence-corrected chi connectivity index (χ3v) is 3.35. The van der Waals surface area contributed by atoms with Gasteiger partial charge in [0.25, 0.3) is 0 Å². The van der Waals surface area contributed by atoms with E-state index in [0.717, 1.165) is 16.9 Å². The number of hydrazone groups is 1. The molecular weight excluding hydrogens is 318 g/mol. The fourth-order valence-corrected chi connectivity index (χ4v) is 1.93. The van der Waals surface area contributed by atoms with Crippen molar-refractivity contribution in [2.24, 2.45) is 5.10 Å². The van der Waals surface area contributed by atoms with Gasteiger partial charge in [-0.05, 0) is 47.6 Å². The monoisotopic (exact) mass is 333 g/mol. The van der Waals surface area contributed by atoms with Gasteiger partial charge in [-0.25, -0.2) is 0 Å². The van der Waals surface area contributed by atoms with Crippen LogP contribution in [0.3, 0.4) is 0 Å². The standard InChI is InChI=1S/C16H16ClN3OS/c1-21-15-8-4-12(5-9-15)10-18-16(22)20-19-11-13-2-6-14(17)7-3-13/h2-9,11H,10H2,1H3,(H2,18,20,22)/b19-11-. The predicted octanol–water partition coefficient (Wildman–Crippen LogP) is 3.35. The Bertz CT molecular complexity index is 641. The topological polar surface area (TPSA) is 45.6 Å². The van der Waals surface area contributed by atoms with Crippen LogP contribution in [0.4, 0.5) is 0 Å². The Morgan fingerprint density at radius 3 is 2.50 bits per heavy atom. The van der Waals surface area contributed by atoms with Crippen LogP contribution in [0.15, 0.2) is 53.6 Å². The number of hydrogen-bond acceptors (Lipinski definition) is 3. The molecule has 0 saturated heterocycles. The number of benzene rings is 2. The highest BCUT2D eigenvalue weighted by molar-refractivity contribution is 7.80. The third-order valence-electron chi connectivity index (χ3n) is 2.86. The minimum absolute atomic E-state index is 0.459. The lowest BCUT2D eigenvalue weighted by atomic mass is 10.2. The van der Waals surface area contributed by atoms with Crippen molar-refractivity contribution in [1.82, 2.24) is 10.7 Å². The van der Waals surface area contributed by atoms with E-state index in [1.54, 1.807) is 13.3 Å². The number of rotatable bonds is 5. The average molecular weight is 334 g/mol. The van der Waals surface area contributed by atoms with Crippen LogP contribution >= 0.6 is 23.8 Å². The van der Waals surface area contributed by atoms with Crippen molar-refractivity contribution in [2.75, 3.05) is 7.11 Å². The van der Waals surface area contributed by atoms with Gasteiger partial charge in [-0.15, -0.1) is 0 Å². The third kappa shape index (κ3) is 5.35. The SMILES string of the molecule is COc1ccc(CNC(=S)N/N=C\c2ccc(Cl)cc2)cc1. The summed E-state index contributed by atoms with van der Waals surface area (Å²) in [7, 11) is 1.64. The number of nitrogens with zero attached hydrogens (tertiary/aromatic N) is 1. The molecule has 0 heterocycles. The second-order valence-electron chi connectivity index (χ2n) is 4.45. The van der Waals surface area contributed by atoms with Crippen LogP contribution in [-0.2, 0) is 6.54 Å². The minimum Gasteiger partial charge on any atom is -0.497 e. The Hall–Kier alpha value is -2.11. The Morgan fingerprint density at radius 1 is 1.18 bits per heavy atom. The molecule has 0 spiro atoms. The highest BCUT2D eigenvalue weighted by atomic mass is 35.5. The Balaban J connectivity index is 1.76. The molecule has 0 aliphatic carbocycles. The molecule has 0 atom stereocenters. The molecule has 0 aliphatic heterocycles. The van der Waals surface area contributed by atoms with Gasteiger partial charge in [0, 0.05) is 11.6 Å². The normalized spacial score (nSPS) is 10.5. The predicted molar refractivity (Wildman–Crippen MR) is 94.6 cm³/mol. The zero-order chi connectivity index (χ0) is 15.8. The van der Waals surface area contributed by atoms with E-state index in [0.29, 0.717) is 16.7 Å². The minimum atomic E-state index is 0.459. The molecule has 0 fully saturated rings. The first kappa shape index (κ1) is 16.3. The Labute approximate surface area is 140 Å². The molecule has 0 aromatic heterocycles. The first-order chi connectivity index (χ1) is 10.7. The first-order valence-corrected chi connectivity index (χ1v) is 7.41. The number of nitrogens with one attached hydrogen (secondary N) is 2. The van der Waals surface area contributed by atoms with Crippen molar-refractivity contribution < 1.29 is 4.74 Å². The second-order valence-corrected chi connectivity index (χ2v) is 5.30. The zero-order valence-corrected chi connectivity index (χ0v) is 13.6. The fourth-order valence-electron chi connectivity index (χ4n) is 1.68. The van der Waals surface area contributed by atoms with Crippen molar-refractivity contribution in [2.45, 2.75) is 6.54 Å². The molecule has 0 aliphatic rings. The van der Waals surface area contributed by atoms with E-state index < -0.39 is 0 Å². The van der Waals surface area contributed by atoms with Crippen LogP contribution in [0.1, 0.15) is 11.1 Å². The molecule has 114 valence electrons. The van der Waals surface area contributed by atoms with Crippen LogP contribution in [0, 0.1) is 0 Å². The van der Waals surface area contributed by atoms with E-state index in [4.69, 9.17) is 28.6 Å². The molecular formula is C16H16ClN3OS. The van der Waals surface area contributed by atoms with Crippen molar-refractivity contribution in [1.29, 1.82) is 0 Å². The number of hydrogen-bond donors (Lipinski definition) is 2. The second kappa shape index (κ2) is 8.36.